The van der Waals surface area contributed by atoms with Gasteiger partial charge in [-0.05, 0) is 41.4 Å². The molecule has 0 unspecified atom stereocenters. The van der Waals surface area contributed by atoms with E-state index in [9.17, 15) is 0 Å². The van der Waals surface area contributed by atoms with E-state index in [0.29, 0.717) is 5.28 Å². The first-order chi connectivity index (χ1) is 14.7. The van der Waals surface area contributed by atoms with Gasteiger partial charge in [0.05, 0.1) is 12.5 Å². The number of piperazine rings is 1. The normalized spacial score (nSPS) is 14.3. The molecule has 1 aliphatic rings. The average Bonchev–Trinajstić information content (AvgIpc) is 3.23. The Morgan fingerprint density at radius 2 is 1.60 bits per heavy atom. The number of nitrogens with zero attached hydrogens (tertiary/aromatic N) is 4. The fourth-order valence-corrected chi connectivity index (χ4v) is 5.08. The zero-order chi connectivity index (χ0) is 20.5. The van der Waals surface area contributed by atoms with Crippen molar-refractivity contribution in [3.8, 4) is 16.9 Å². The predicted octanol–water partition coefficient (Wildman–Crippen LogP) is 5.35. The van der Waals surface area contributed by atoms with E-state index in [1.165, 1.54) is 5.69 Å². The molecule has 1 fully saturated rings. The molecule has 5 rings (SSSR count). The second kappa shape index (κ2) is 8.13. The molecule has 7 heteroatoms. The number of methoxy groups -OCH3 is 1. The molecular formula is C23H21ClN4OS. The highest BCUT2D eigenvalue weighted by Gasteiger charge is 2.23. The van der Waals surface area contributed by atoms with Crippen molar-refractivity contribution in [2.45, 2.75) is 0 Å². The van der Waals surface area contributed by atoms with Crippen molar-refractivity contribution in [3.63, 3.8) is 0 Å². The second-order valence-electron chi connectivity index (χ2n) is 7.18. The number of halogens is 1. The first-order valence-electron chi connectivity index (χ1n) is 9.87. The van der Waals surface area contributed by atoms with Gasteiger partial charge >= 0.3 is 0 Å². The van der Waals surface area contributed by atoms with Crippen LogP contribution in [0.25, 0.3) is 21.3 Å². The number of benzene rings is 2. The summed E-state index contributed by atoms with van der Waals surface area (Å²) in [6.07, 6.45) is 0. The van der Waals surface area contributed by atoms with E-state index >= 15 is 0 Å². The molecule has 0 atom stereocenters. The van der Waals surface area contributed by atoms with Gasteiger partial charge in [0.25, 0.3) is 0 Å². The summed E-state index contributed by atoms with van der Waals surface area (Å²) in [4.78, 5) is 14.8. The maximum Gasteiger partial charge on any atom is 0.225 e. The Hall–Kier alpha value is -2.83. The molecule has 2 aromatic heterocycles. The quantitative estimate of drug-likeness (QED) is 0.403. The van der Waals surface area contributed by atoms with Crippen molar-refractivity contribution in [2.75, 3.05) is 43.1 Å². The van der Waals surface area contributed by atoms with Gasteiger partial charge in [-0.2, -0.15) is 4.98 Å². The number of ether oxygens (including phenoxy) is 1. The van der Waals surface area contributed by atoms with Gasteiger partial charge in [-0.25, -0.2) is 4.98 Å². The van der Waals surface area contributed by atoms with E-state index in [0.717, 1.165) is 59.1 Å². The van der Waals surface area contributed by atoms with Crippen molar-refractivity contribution in [1.82, 2.24) is 9.97 Å². The Balaban J connectivity index is 1.49. The van der Waals surface area contributed by atoms with E-state index in [2.05, 4.69) is 67.6 Å². The van der Waals surface area contributed by atoms with Crippen LogP contribution in [0.3, 0.4) is 0 Å². The summed E-state index contributed by atoms with van der Waals surface area (Å²) in [5, 5.41) is 3.51. The van der Waals surface area contributed by atoms with Gasteiger partial charge in [0.15, 0.2) is 0 Å². The van der Waals surface area contributed by atoms with Gasteiger partial charge in [0.1, 0.15) is 16.4 Å². The predicted molar refractivity (Wildman–Crippen MR) is 125 cm³/mol. The molecule has 2 aromatic carbocycles. The summed E-state index contributed by atoms with van der Waals surface area (Å²) in [5.74, 6) is 1.76. The molecule has 4 aromatic rings. The van der Waals surface area contributed by atoms with Crippen molar-refractivity contribution in [1.29, 1.82) is 0 Å². The molecule has 5 nitrogen and oxygen atoms in total. The van der Waals surface area contributed by atoms with Gasteiger partial charge in [0, 0.05) is 42.8 Å². The number of aromatic nitrogens is 2. The van der Waals surface area contributed by atoms with E-state index < -0.39 is 0 Å². The van der Waals surface area contributed by atoms with Crippen LogP contribution in [0.2, 0.25) is 5.28 Å². The second-order valence-corrected chi connectivity index (χ2v) is 8.38. The van der Waals surface area contributed by atoms with E-state index in [4.69, 9.17) is 16.3 Å². The highest BCUT2D eigenvalue weighted by molar-refractivity contribution is 7.17. The minimum absolute atomic E-state index is 0.297. The number of para-hydroxylation sites is 1. The smallest absolute Gasteiger partial charge is 0.225 e. The maximum atomic E-state index is 6.29. The topological polar surface area (TPSA) is 41.5 Å². The van der Waals surface area contributed by atoms with Crippen molar-refractivity contribution < 1.29 is 4.74 Å². The van der Waals surface area contributed by atoms with E-state index in [-0.39, 0.29) is 0 Å². The summed E-state index contributed by atoms with van der Waals surface area (Å²) in [6.45, 7) is 3.65. The lowest BCUT2D eigenvalue weighted by Gasteiger charge is -2.37. The van der Waals surface area contributed by atoms with Gasteiger partial charge in [-0.15, -0.1) is 11.3 Å². The molecule has 0 N–H and O–H groups in total. The third-order valence-corrected chi connectivity index (χ3v) is 6.53. The summed E-state index contributed by atoms with van der Waals surface area (Å²) >= 11 is 7.90. The largest absolute Gasteiger partial charge is 0.497 e. The van der Waals surface area contributed by atoms with Crippen LogP contribution in [0.4, 0.5) is 11.5 Å². The summed E-state index contributed by atoms with van der Waals surface area (Å²) in [5.41, 5.74) is 3.52. The molecule has 0 saturated carbocycles. The van der Waals surface area contributed by atoms with Crippen LogP contribution in [-0.2, 0) is 0 Å². The van der Waals surface area contributed by atoms with E-state index in [1.54, 1.807) is 18.4 Å². The molecule has 0 amide bonds. The van der Waals surface area contributed by atoms with Gasteiger partial charge in [-0.3, -0.25) is 0 Å². The fraction of sp³-hybridized carbons (Fsp3) is 0.217. The molecular weight excluding hydrogens is 416 g/mol. The van der Waals surface area contributed by atoms with Crippen LogP contribution in [0.1, 0.15) is 0 Å². The molecule has 1 aliphatic heterocycles. The van der Waals surface area contributed by atoms with Crippen molar-refractivity contribution in [3.05, 3.63) is 65.3 Å². The molecule has 3 heterocycles. The van der Waals surface area contributed by atoms with Crippen LogP contribution in [-0.4, -0.2) is 43.3 Å². The Labute approximate surface area is 184 Å². The molecule has 0 aliphatic carbocycles. The monoisotopic (exact) mass is 436 g/mol. The molecule has 0 spiro atoms. The number of anilines is 2. The number of fused-ring (bicyclic) bond motifs is 1. The molecule has 30 heavy (non-hydrogen) atoms. The maximum absolute atomic E-state index is 6.29. The molecule has 1 saturated heterocycles. The van der Waals surface area contributed by atoms with Gasteiger partial charge in [-0.1, -0.05) is 30.3 Å². The highest BCUT2D eigenvalue weighted by atomic mass is 35.5. The third-order valence-electron chi connectivity index (χ3n) is 5.49. The third kappa shape index (κ3) is 3.57. The zero-order valence-corrected chi connectivity index (χ0v) is 18.2. The lowest BCUT2D eigenvalue weighted by atomic mass is 10.1. The summed E-state index contributed by atoms with van der Waals surface area (Å²) < 4.78 is 5.30. The minimum atomic E-state index is 0.297. The lowest BCUT2D eigenvalue weighted by Crippen LogP contribution is -2.47. The minimum Gasteiger partial charge on any atom is -0.497 e. The SMILES string of the molecule is COc1ccc(-c2csc3nc(Cl)nc(N4CCN(c5ccccc5)CC4)c23)cc1. The van der Waals surface area contributed by atoms with Crippen LogP contribution in [0.15, 0.2) is 60.0 Å². The highest BCUT2D eigenvalue weighted by Crippen LogP contribution is 2.39. The van der Waals surface area contributed by atoms with Crippen LogP contribution >= 0.6 is 22.9 Å². The lowest BCUT2D eigenvalue weighted by molar-refractivity contribution is 0.415. The number of rotatable bonds is 4. The standard InChI is InChI=1S/C23H21ClN4OS/c1-29-18-9-7-16(8-10-18)19-15-30-22-20(19)21(25-23(24)26-22)28-13-11-27(12-14-28)17-5-3-2-4-6-17/h2-10,15H,11-14H2,1H3. The molecule has 0 bridgehead atoms. The Morgan fingerprint density at radius 1 is 0.900 bits per heavy atom. The molecule has 0 radical (unpaired) electrons. The van der Waals surface area contributed by atoms with Gasteiger partial charge < -0.3 is 14.5 Å². The Bertz CT molecular complexity index is 1160. The number of thiophene rings is 1. The first-order valence-corrected chi connectivity index (χ1v) is 11.1. The van der Waals surface area contributed by atoms with Crippen molar-refractivity contribution >= 4 is 44.7 Å². The Morgan fingerprint density at radius 3 is 2.30 bits per heavy atom. The fourth-order valence-electron chi connectivity index (χ4n) is 3.93. The van der Waals surface area contributed by atoms with Crippen LogP contribution < -0.4 is 14.5 Å². The van der Waals surface area contributed by atoms with E-state index in [1.807, 2.05) is 12.1 Å². The summed E-state index contributed by atoms with van der Waals surface area (Å²) in [6, 6.07) is 18.7. The van der Waals surface area contributed by atoms with Gasteiger partial charge in [0.2, 0.25) is 5.28 Å². The number of hydrogen-bond acceptors (Lipinski definition) is 6. The average molecular weight is 437 g/mol. The Kier molecular flexibility index (Phi) is 5.19. The van der Waals surface area contributed by atoms with Crippen LogP contribution in [0.5, 0.6) is 5.75 Å². The van der Waals surface area contributed by atoms with Crippen LogP contribution in [0, 0.1) is 0 Å². The summed E-state index contributed by atoms with van der Waals surface area (Å²) in [7, 11) is 1.68. The molecule has 152 valence electrons. The van der Waals surface area contributed by atoms with Crippen molar-refractivity contribution in [2.24, 2.45) is 0 Å². The first kappa shape index (κ1) is 19.2. The zero-order valence-electron chi connectivity index (χ0n) is 16.6. The number of hydrogen-bond donors (Lipinski definition) is 0.